The van der Waals surface area contributed by atoms with Crippen molar-refractivity contribution in [1.29, 1.82) is 0 Å². The molecule has 0 spiro atoms. The molecule has 2 aromatic rings. The highest BCUT2D eigenvalue weighted by Crippen LogP contribution is 2.11. The maximum absolute atomic E-state index is 9.11. The number of aryl methyl sites for hydroxylation is 2. The Hall–Kier alpha value is -1.61. The molecule has 2 rings (SSSR count). The normalized spacial score (nSPS) is 10.7. The van der Waals surface area contributed by atoms with Crippen LogP contribution in [-0.2, 0) is 13.2 Å². The number of nitrogens with zero attached hydrogens (tertiary/aromatic N) is 2. The van der Waals surface area contributed by atoms with Gasteiger partial charge in [-0.3, -0.25) is 0 Å². The molecule has 84 valence electrons. The first-order valence-corrected chi connectivity index (χ1v) is 5.37. The molecule has 1 N–H and O–H groups in total. The summed E-state index contributed by atoms with van der Waals surface area (Å²) in [5, 5.41) is 9.11. The molecule has 16 heavy (non-hydrogen) atoms. The van der Waals surface area contributed by atoms with Crippen molar-refractivity contribution in [3.63, 3.8) is 0 Å². The first kappa shape index (κ1) is 10.9. The van der Waals surface area contributed by atoms with Gasteiger partial charge in [0.15, 0.2) is 0 Å². The number of rotatable bonds is 3. The number of aliphatic hydroxyl groups excluding tert-OH is 1. The molecule has 0 saturated heterocycles. The van der Waals surface area contributed by atoms with Crippen LogP contribution in [0.2, 0.25) is 0 Å². The minimum absolute atomic E-state index is 0.0161. The van der Waals surface area contributed by atoms with Crippen molar-refractivity contribution < 1.29 is 5.11 Å². The van der Waals surface area contributed by atoms with E-state index in [1.165, 1.54) is 16.7 Å². The number of hydrogen-bond acceptors (Lipinski definition) is 2. The summed E-state index contributed by atoms with van der Waals surface area (Å²) < 4.78 is 1.97. The van der Waals surface area contributed by atoms with E-state index in [4.69, 9.17) is 5.11 Å². The van der Waals surface area contributed by atoms with Gasteiger partial charge < -0.3 is 9.67 Å². The third kappa shape index (κ3) is 2.31. The minimum atomic E-state index is -0.0161. The third-order valence-corrected chi connectivity index (χ3v) is 2.58. The van der Waals surface area contributed by atoms with E-state index in [1.54, 1.807) is 6.20 Å². The van der Waals surface area contributed by atoms with Gasteiger partial charge in [0.25, 0.3) is 0 Å². The lowest BCUT2D eigenvalue weighted by molar-refractivity contribution is 0.266. The predicted molar refractivity (Wildman–Crippen MR) is 63.2 cm³/mol. The number of imidazole rings is 1. The molecule has 0 unspecified atom stereocenters. The second-order valence-electron chi connectivity index (χ2n) is 4.13. The van der Waals surface area contributed by atoms with Crippen LogP contribution in [0.5, 0.6) is 0 Å². The van der Waals surface area contributed by atoms with E-state index in [9.17, 15) is 0 Å². The van der Waals surface area contributed by atoms with Crippen molar-refractivity contribution in [2.45, 2.75) is 27.0 Å². The Balaban J connectivity index is 2.26. The van der Waals surface area contributed by atoms with Gasteiger partial charge >= 0.3 is 0 Å². The number of hydrogen-bond donors (Lipinski definition) is 1. The summed E-state index contributed by atoms with van der Waals surface area (Å²) >= 11 is 0. The van der Waals surface area contributed by atoms with Crippen LogP contribution < -0.4 is 0 Å². The van der Waals surface area contributed by atoms with E-state index >= 15 is 0 Å². The third-order valence-electron chi connectivity index (χ3n) is 2.58. The predicted octanol–water partition coefficient (Wildman–Crippen LogP) is 2.04. The van der Waals surface area contributed by atoms with Gasteiger partial charge in [-0.15, -0.1) is 0 Å². The molecule has 0 aliphatic heterocycles. The summed E-state index contributed by atoms with van der Waals surface area (Å²) in [6.45, 7) is 4.94. The van der Waals surface area contributed by atoms with Gasteiger partial charge in [-0.1, -0.05) is 29.3 Å². The van der Waals surface area contributed by atoms with E-state index in [0.717, 1.165) is 6.54 Å². The summed E-state index contributed by atoms with van der Waals surface area (Å²) in [7, 11) is 0. The average molecular weight is 216 g/mol. The lowest BCUT2D eigenvalue weighted by Crippen LogP contribution is -2.04. The second-order valence-corrected chi connectivity index (χ2v) is 4.13. The molecule has 0 aliphatic carbocycles. The van der Waals surface area contributed by atoms with Gasteiger partial charge in [0.05, 0.1) is 0 Å². The molecule has 1 aromatic heterocycles. The Morgan fingerprint density at radius 1 is 1.19 bits per heavy atom. The van der Waals surface area contributed by atoms with Gasteiger partial charge in [0.1, 0.15) is 12.4 Å². The van der Waals surface area contributed by atoms with Crippen molar-refractivity contribution in [2.24, 2.45) is 0 Å². The van der Waals surface area contributed by atoms with E-state index in [2.05, 4.69) is 37.0 Å². The number of aromatic nitrogens is 2. The van der Waals surface area contributed by atoms with Crippen molar-refractivity contribution in [1.82, 2.24) is 9.55 Å². The molecule has 0 atom stereocenters. The number of benzene rings is 1. The Morgan fingerprint density at radius 2 is 1.88 bits per heavy atom. The fourth-order valence-corrected chi connectivity index (χ4v) is 1.99. The smallest absolute Gasteiger partial charge is 0.134 e. The van der Waals surface area contributed by atoms with Gasteiger partial charge in [-0.2, -0.15) is 0 Å². The van der Waals surface area contributed by atoms with Gasteiger partial charge in [0, 0.05) is 18.9 Å². The summed E-state index contributed by atoms with van der Waals surface area (Å²) in [4.78, 5) is 4.09. The van der Waals surface area contributed by atoms with E-state index in [1.807, 2.05) is 10.8 Å². The Morgan fingerprint density at radius 3 is 2.50 bits per heavy atom. The summed E-state index contributed by atoms with van der Waals surface area (Å²) in [6.07, 6.45) is 3.61. The van der Waals surface area contributed by atoms with Crippen molar-refractivity contribution in [3.8, 4) is 0 Å². The zero-order chi connectivity index (χ0) is 11.5. The minimum Gasteiger partial charge on any atom is -0.388 e. The fourth-order valence-electron chi connectivity index (χ4n) is 1.99. The van der Waals surface area contributed by atoms with Crippen molar-refractivity contribution in [2.75, 3.05) is 0 Å². The molecule has 0 aliphatic rings. The molecule has 3 nitrogen and oxygen atoms in total. The van der Waals surface area contributed by atoms with Crippen LogP contribution in [0.4, 0.5) is 0 Å². The Kier molecular flexibility index (Phi) is 3.06. The SMILES string of the molecule is Cc1cc(C)cc(Cn2ccnc2CO)c1. The first-order valence-electron chi connectivity index (χ1n) is 5.37. The van der Waals surface area contributed by atoms with Crippen LogP contribution in [0.1, 0.15) is 22.5 Å². The van der Waals surface area contributed by atoms with Crippen LogP contribution in [0.15, 0.2) is 30.6 Å². The molecule has 0 amide bonds. The van der Waals surface area contributed by atoms with E-state index in [0.29, 0.717) is 5.82 Å². The van der Waals surface area contributed by atoms with Crippen LogP contribution in [0, 0.1) is 13.8 Å². The molecule has 3 heteroatoms. The van der Waals surface area contributed by atoms with Crippen LogP contribution >= 0.6 is 0 Å². The maximum atomic E-state index is 9.11. The van der Waals surface area contributed by atoms with Crippen LogP contribution in [0.25, 0.3) is 0 Å². The van der Waals surface area contributed by atoms with E-state index in [-0.39, 0.29) is 6.61 Å². The fraction of sp³-hybridized carbons (Fsp3) is 0.308. The standard InChI is InChI=1S/C13H16N2O/c1-10-5-11(2)7-12(6-10)8-15-4-3-14-13(15)9-16/h3-7,16H,8-9H2,1-2H3. The first-order chi connectivity index (χ1) is 7.69. The van der Waals surface area contributed by atoms with Crippen molar-refractivity contribution in [3.05, 3.63) is 53.1 Å². The largest absolute Gasteiger partial charge is 0.388 e. The molecule has 1 heterocycles. The van der Waals surface area contributed by atoms with Crippen LogP contribution in [0.3, 0.4) is 0 Å². The van der Waals surface area contributed by atoms with Gasteiger partial charge in [0.2, 0.25) is 0 Å². The summed E-state index contributed by atoms with van der Waals surface area (Å²) in [5.41, 5.74) is 3.77. The second kappa shape index (κ2) is 4.49. The quantitative estimate of drug-likeness (QED) is 0.852. The maximum Gasteiger partial charge on any atom is 0.134 e. The molecular weight excluding hydrogens is 200 g/mol. The Bertz CT molecular complexity index is 468. The van der Waals surface area contributed by atoms with Gasteiger partial charge in [-0.05, 0) is 19.4 Å². The topological polar surface area (TPSA) is 38.0 Å². The average Bonchev–Trinajstić information content (AvgIpc) is 2.63. The van der Waals surface area contributed by atoms with Crippen LogP contribution in [-0.4, -0.2) is 14.7 Å². The zero-order valence-electron chi connectivity index (χ0n) is 9.64. The highest BCUT2D eigenvalue weighted by molar-refractivity contribution is 5.28. The van der Waals surface area contributed by atoms with Gasteiger partial charge in [-0.25, -0.2) is 4.98 Å². The highest BCUT2D eigenvalue weighted by atomic mass is 16.3. The number of aliphatic hydroxyl groups is 1. The molecular formula is C13H16N2O. The van der Waals surface area contributed by atoms with Crippen molar-refractivity contribution >= 4 is 0 Å². The molecule has 0 bridgehead atoms. The lowest BCUT2D eigenvalue weighted by atomic mass is 10.1. The molecule has 0 fully saturated rings. The monoisotopic (exact) mass is 216 g/mol. The molecule has 0 radical (unpaired) electrons. The molecule has 1 aromatic carbocycles. The summed E-state index contributed by atoms with van der Waals surface area (Å²) in [6, 6.07) is 6.48. The Labute approximate surface area is 95.4 Å². The lowest BCUT2D eigenvalue weighted by Gasteiger charge is -2.08. The highest BCUT2D eigenvalue weighted by Gasteiger charge is 2.02. The zero-order valence-corrected chi connectivity index (χ0v) is 9.64. The summed E-state index contributed by atoms with van der Waals surface area (Å²) in [5.74, 6) is 0.708. The van der Waals surface area contributed by atoms with E-state index < -0.39 is 0 Å². The molecule has 0 saturated carbocycles.